The zero-order valence-electron chi connectivity index (χ0n) is 20.4. The van der Waals surface area contributed by atoms with E-state index >= 15 is 0 Å². The fourth-order valence-electron chi connectivity index (χ4n) is 5.19. The van der Waals surface area contributed by atoms with Crippen molar-refractivity contribution in [3.63, 3.8) is 0 Å². The number of halogens is 3. The second-order valence-electron chi connectivity index (χ2n) is 9.53. The highest BCUT2D eigenvalue weighted by molar-refractivity contribution is 9.10. The molecule has 0 bridgehead atoms. The molecule has 0 radical (unpaired) electrons. The topological polar surface area (TPSA) is 120 Å². The number of nitrogens with one attached hydrogen (secondary N) is 1. The number of hydrogen-bond acceptors (Lipinski definition) is 5. The van der Waals surface area contributed by atoms with Crippen molar-refractivity contribution in [1.82, 2.24) is 20.1 Å². The first-order chi connectivity index (χ1) is 18.1. The third-order valence-electron chi connectivity index (χ3n) is 6.93. The lowest BCUT2D eigenvalue weighted by Crippen LogP contribution is -2.57. The zero-order chi connectivity index (χ0) is 27.4. The second-order valence-corrected chi connectivity index (χ2v) is 10.4. The summed E-state index contributed by atoms with van der Waals surface area (Å²) in [5, 5.41) is 12.3. The number of carboxylic acids is 1. The molecule has 1 aromatic carbocycles. The Hall–Kier alpha value is -3.41. The molecule has 38 heavy (non-hydrogen) atoms. The summed E-state index contributed by atoms with van der Waals surface area (Å²) in [4.78, 5) is 58.3. The Morgan fingerprint density at radius 3 is 2.13 bits per heavy atom. The molecule has 2 fully saturated rings. The molecule has 2 aliphatic rings. The molecule has 9 nitrogen and oxygen atoms in total. The molecule has 0 spiro atoms. The molecule has 1 aliphatic heterocycles. The smallest absolute Gasteiger partial charge is 0.305 e. The van der Waals surface area contributed by atoms with Crippen molar-refractivity contribution in [3.8, 4) is 0 Å². The largest absolute Gasteiger partial charge is 0.481 e. The standard InChI is InChI=1S/C26H27BrF2N4O5/c27-18-8-17(13-30-14-18)26(38)33-7-6-32(25(37)16-9-19(28)11-20(29)10-16)24(33)23(36)31-21(12-22(34)35)15-4-2-1-3-5-15/h8-11,13-15,21,24H,1-7,12H2,(H,31,36)(H,34,35). The van der Waals surface area contributed by atoms with Crippen molar-refractivity contribution in [3.05, 3.63) is 63.9 Å². The average molecular weight is 593 g/mol. The van der Waals surface area contributed by atoms with Crippen LogP contribution in [0.25, 0.3) is 0 Å². The highest BCUT2D eigenvalue weighted by Crippen LogP contribution is 2.29. The number of benzene rings is 1. The average Bonchev–Trinajstić information content (AvgIpc) is 3.32. The van der Waals surface area contributed by atoms with E-state index < -0.39 is 47.5 Å². The predicted molar refractivity (Wildman–Crippen MR) is 135 cm³/mol. The van der Waals surface area contributed by atoms with E-state index in [9.17, 15) is 33.1 Å². The van der Waals surface area contributed by atoms with Gasteiger partial charge in [-0.25, -0.2) is 8.78 Å². The maximum atomic E-state index is 13.9. The Morgan fingerprint density at radius 1 is 0.947 bits per heavy atom. The van der Waals surface area contributed by atoms with Gasteiger partial charge in [0.05, 0.1) is 12.0 Å². The van der Waals surface area contributed by atoms with Crippen LogP contribution in [0.1, 0.15) is 59.2 Å². The monoisotopic (exact) mass is 592 g/mol. The summed E-state index contributed by atoms with van der Waals surface area (Å²) in [6.45, 7) is -0.102. The quantitative estimate of drug-likeness (QED) is 0.507. The van der Waals surface area contributed by atoms with Crippen LogP contribution in [0, 0.1) is 17.6 Å². The predicted octanol–water partition coefficient (Wildman–Crippen LogP) is 3.59. The fourth-order valence-corrected chi connectivity index (χ4v) is 5.56. The highest BCUT2D eigenvalue weighted by atomic mass is 79.9. The first kappa shape index (κ1) is 27.6. The van der Waals surface area contributed by atoms with Crippen LogP contribution in [0.2, 0.25) is 0 Å². The first-order valence-corrected chi connectivity index (χ1v) is 13.1. The minimum Gasteiger partial charge on any atom is -0.481 e. The molecule has 3 amide bonds. The molecule has 2 atom stereocenters. The summed E-state index contributed by atoms with van der Waals surface area (Å²) in [6, 6.07) is 3.17. The van der Waals surface area contributed by atoms with Gasteiger partial charge in [0.15, 0.2) is 6.17 Å². The summed E-state index contributed by atoms with van der Waals surface area (Å²) >= 11 is 3.26. The van der Waals surface area contributed by atoms with Crippen molar-refractivity contribution >= 4 is 39.6 Å². The molecule has 1 aliphatic carbocycles. The lowest BCUT2D eigenvalue weighted by Gasteiger charge is -2.34. The van der Waals surface area contributed by atoms with Gasteiger partial charge in [0, 0.05) is 47.6 Å². The Balaban J connectivity index is 1.66. The zero-order valence-corrected chi connectivity index (χ0v) is 22.0. The molecule has 1 saturated heterocycles. The lowest BCUT2D eigenvalue weighted by atomic mass is 9.82. The number of carbonyl (C=O) groups is 4. The van der Waals surface area contributed by atoms with Crippen molar-refractivity contribution in [1.29, 1.82) is 0 Å². The molecular formula is C26H27BrF2N4O5. The van der Waals surface area contributed by atoms with E-state index in [2.05, 4.69) is 26.2 Å². The number of hydrogen-bond donors (Lipinski definition) is 2. The number of rotatable bonds is 7. The van der Waals surface area contributed by atoms with Crippen LogP contribution in [0.5, 0.6) is 0 Å². The Bertz CT molecular complexity index is 1220. The normalized spacial score (nSPS) is 18.8. The highest BCUT2D eigenvalue weighted by Gasteiger charge is 2.44. The summed E-state index contributed by atoms with van der Waals surface area (Å²) < 4.78 is 28.3. The first-order valence-electron chi connectivity index (χ1n) is 12.3. The molecule has 2 heterocycles. The number of pyridine rings is 1. The van der Waals surface area contributed by atoms with Gasteiger partial charge in [-0.05, 0) is 52.9 Å². The maximum Gasteiger partial charge on any atom is 0.305 e. The Kier molecular flexibility index (Phi) is 8.70. The molecule has 2 N–H and O–H groups in total. The minimum absolute atomic E-state index is 0.0278. The minimum atomic E-state index is -1.46. The van der Waals surface area contributed by atoms with Crippen LogP contribution < -0.4 is 5.32 Å². The number of carboxylic acid groups (broad SMARTS) is 1. The molecule has 12 heteroatoms. The van der Waals surface area contributed by atoms with Gasteiger partial charge in [-0.3, -0.25) is 24.2 Å². The third kappa shape index (κ3) is 6.35. The van der Waals surface area contributed by atoms with Gasteiger partial charge in [-0.2, -0.15) is 0 Å². The summed E-state index contributed by atoms with van der Waals surface area (Å²) in [7, 11) is 0. The SMILES string of the molecule is O=C(O)CC(NC(=O)C1N(C(=O)c2cc(F)cc(F)c2)CCN1C(=O)c1cncc(Br)c1)C1CCCCC1. The Morgan fingerprint density at radius 2 is 1.55 bits per heavy atom. The molecule has 1 saturated carbocycles. The number of nitrogens with zero attached hydrogens (tertiary/aromatic N) is 3. The lowest BCUT2D eigenvalue weighted by molar-refractivity contribution is -0.138. The van der Waals surface area contributed by atoms with Crippen molar-refractivity contribution in [2.24, 2.45) is 5.92 Å². The van der Waals surface area contributed by atoms with Crippen LogP contribution in [0.3, 0.4) is 0 Å². The summed E-state index contributed by atoms with van der Waals surface area (Å²) in [5.41, 5.74) is -0.147. The van der Waals surface area contributed by atoms with Gasteiger partial charge in [-0.15, -0.1) is 0 Å². The van der Waals surface area contributed by atoms with Crippen LogP contribution in [0.15, 0.2) is 41.1 Å². The van der Waals surface area contributed by atoms with Crippen LogP contribution in [0.4, 0.5) is 8.78 Å². The number of aromatic nitrogens is 1. The molecular weight excluding hydrogens is 566 g/mol. The van der Waals surface area contributed by atoms with E-state index in [1.165, 1.54) is 23.4 Å². The van der Waals surface area contributed by atoms with E-state index in [1.54, 1.807) is 0 Å². The van der Waals surface area contributed by atoms with E-state index in [0.717, 1.165) is 49.1 Å². The van der Waals surface area contributed by atoms with Gasteiger partial charge in [-0.1, -0.05) is 19.3 Å². The van der Waals surface area contributed by atoms with E-state index in [1.807, 2.05) is 0 Å². The number of aliphatic carboxylic acids is 1. The molecule has 1 aromatic heterocycles. The van der Waals surface area contributed by atoms with Gasteiger partial charge in [0.1, 0.15) is 11.6 Å². The molecule has 202 valence electrons. The van der Waals surface area contributed by atoms with E-state index in [-0.39, 0.29) is 36.6 Å². The molecule has 4 rings (SSSR count). The van der Waals surface area contributed by atoms with Gasteiger partial charge in [0.2, 0.25) is 0 Å². The van der Waals surface area contributed by atoms with Crippen molar-refractivity contribution in [2.75, 3.05) is 13.1 Å². The fraction of sp³-hybridized carbons (Fsp3) is 0.423. The van der Waals surface area contributed by atoms with E-state index in [0.29, 0.717) is 10.5 Å². The van der Waals surface area contributed by atoms with Crippen LogP contribution in [-0.2, 0) is 9.59 Å². The second kappa shape index (κ2) is 12.0. The molecule has 2 unspecified atom stereocenters. The van der Waals surface area contributed by atoms with Gasteiger partial charge < -0.3 is 20.2 Å². The Labute approximate surface area is 226 Å². The summed E-state index contributed by atoms with van der Waals surface area (Å²) in [6.07, 6.45) is 5.40. The van der Waals surface area contributed by atoms with Gasteiger partial charge in [0.25, 0.3) is 17.7 Å². The number of amides is 3. The van der Waals surface area contributed by atoms with Crippen LogP contribution >= 0.6 is 15.9 Å². The number of carbonyl (C=O) groups excluding carboxylic acids is 3. The maximum absolute atomic E-state index is 13.9. The van der Waals surface area contributed by atoms with Crippen LogP contribution in [-0.4, -0.2) is 68.9 Å². The third-order valence-corrected chi connectivity index (χ3v) is 7.36. The molecule has 2 aromatic rings. The van der Waals surface area contributed by atoms with Gasteiger partial charge >= 0.3 is 5.97 Å². The van der Waals surface area contributed by atoms with Crippen molar-refractivity contribution in [2.45, 2.75) is 50.7 Å². The summed E-state index contributed by atoms with van der Waals surface area (Å²) in [5.74, 6) is -5.21. The van der Waals surface area contributed by atoms with Crippen molar-refractivity contribution < 1.29 is 33.1 Å². The van der Waals surface area contributed by atoms with E-state index in [4.69, 9.17) is 0 Å².